The molecule has 0 aromatic heterocycles. The summed E-state index contributed by atoms with van der Waals surface area (Å²) in [6.45, 7) is 3.31. The summed E-state index contributed by atoms with van der Waals surface area (Å²) >= 11 is 0. The predicted molar refractivity (Wildman–Crippen MR) is 104 cm³/mol. The Morgan fingerprint density at radius 2 is 1.52 bits per heavy atom. The van der Waals surface area contributed by atoms with Crippen LogP contribution in [-0.2, 0) is 11.0 Å². The van der Waals surface area contributed by atoms with Crippen LogP contribution in [-0.4, -0.2) is 24.2 Å². The van der Waals surface area contributed by atoms with Gasteiger partial charge in [-0.2, -0.15) is 13.2 Å². The molecule has 0 aliphatic rings. The van der Waals surface area contributed by atoms with E-state index in [2.05, 4.69) is 12.2 Å². The van der Waals surface area contributed by atoms with Crippen molar-refractivity contribution in [2.75, 3.05) is 18.4 Å². The zero-order valence-electron chi connectivity index (χ0n) is 16.2. The predicted octanol–water partition coefficient (Wildman–Crippen LogP) is 5.68. The smallest absolute Gasteiger partial charge is 0.416 e. The Balaban J connectivity index is 0.000000541. The zero-order valence-corrected chi connectivity index (χ0v) is 16.2. The third-order valence-corrected chi connectivity index (χ3v) is 3.94. The Morgan fingerprint density at radius 1 is 1.00 bits per heavy atom. The van der Waals surface area contributed by atoms with Crippen molar-refractivity contribution in [3.8, 4) is 0 Å². The van der Waals surface area contributed by atoms with Crippen molar-refractivity contribution in [1.29, 1.82) is 0 Å². The number of carbonyl (C=O) groups is 1. The molecule has 0 unspecified atom stereocenters. The molecule has 1 aromatic rings. The molecule has 4 N–H and O–H groups in total. The molecule has 0 atom stereocenters. The molecule has 0 radical (unpaired) electrons. The van der Waals surface area contributed by atoms with Crippen molar-refractivity contribution in [3.05, 3.63) is 29.8 Å². The minimum Gasteiger partial charge on any atom is -0.481 e. The third-order valence-electron chi connectivity index (χ3n) is 3.94. The summed E-state index contributed by atoms with van der Waals surface area (Å²) in [7, 11) is 0. The normalized spacial score (nSPS) is 10.9. The number of unbranched alkanes of at least 4 members (excludes halogenated alkanes) is 7. The molecule has 1 aromatic carbocycles. The Bertz CT molecular complexity index is 483. The molecule has 156 valence electrons. The van der Waals surface area contributed by atoms with Gasteiger partial charge in [0.1, 0.15) is 0 Å². The topological polar surface area (TPSA) is 75.4 Å². The Kier molecular flexibility index (Phi) is 14.3. The quantitative estimate of drug-likeness (QED) is 0.402. The van der Waals surface area contributed by atoms with E-state index in [1.54, 1.807) is 0 Å². The van der Waals surface area contributed by atoms with Crippen LogP contribution in [0.15, 0.2) is 24.3 Å². The van der Waals surface area contributed by atoms with Crippen molar-refractivity contribution in [2.45, 2.75) is 70.9 Å². The van der Waals surface area contributed by atoms with Crippen LogP contribution in [0.25, 0.3) is 0 Å². The highest BCUT2D eigenvalue weighted by Crippen LogP contribution is 2.29. The average Bonchev–Trinajstić information content (AvgIpc) is 2.61. The van der Waals surface area contributed by atoms with Gasteiger partial charge in [-0.3, -0.25) is 4.79 Å². The van der Waals surface area contributed by atoms with Crippen LogP contribution in [0.3, 0.4) is 0 Å². The van der Waals surface area contributed by atoms with Gasteiger partial charge in [0.2, 0.25) is 0 Å². The summed E-state index contributed by atoms with van der Waals surface area (Å²) in [5, 5.41) is 11.1. The Morgan fingerprint density at radius 3 is 1.96 bits per heavy atom. The van der Waals surface area contributed by atoms with Gasteiger partial charge in [-0.15, -0.1) is 0 Å². The summed E-state index contributed by atoms with van der Waals surface area (Å²) in [4.78, 5) is 10.2. The first kappa shape index (κ1) is 25.2. The van der Waals surface area contributed by atoms with Gasteiger partial charge in [0.05, 0.1) is 12.0 Å². The molecule has 0 spiro atoms. The van der Waals surface area contributed by atoms with E-state index in [1.807, 2.05) is 0 Å². The van der Waals surface area contributed by atoms with Crippen molar-refractivity contribution < 1.29 is 23.1 Å². The van der Waals surface area contributed by atoms with Crippen LogP contribution in [0, 0.1) is 0 Å². The van der Waals surface area contributed by atoms with Crippen molar-refractivity contribution >= 4 is 11.7 Å². The van der Waals surface area contributed by atoms with Crippen LogP contribution < -0.4 is 11.1 Å². The van der Waals surface area contributed by atoms with E-state index in [1.165, 1.54) is 63.5 Å². The lowest BCUT2D eigenvalue weighted by molar-refractivity contribution is -0.138. The highest BCUT2D eigenvalue weighted by atomic mass is 19.4. The fourth-order valence-electron chi connectivity index (χ4n) is 2.37. The van der Waals surface area contributed by atoms with Crippen LogP contribution in [0.4, 0.5) is 18.9 Å². The molecule has 0 aliphatic carbocycles. The third kappa shape index (κ3) is 15.0. The first-order valence-electron chi connectivity index (χ1n) is 9.64. The van der Waals surface area contributed by atoms with Gasteiger partial charge in [-0.25, -0.2) is 0 Å². The molecule has 0 saturated carbocycles. The van der Waals surface area contributed by atoms with Crippen LogP contribution >= 0.6 is 0 Å². The molecule has 4 nitrogen and oxygen atoms in total. The lowest BCUT2D eigenvalue weighted by Crippen LogP contribution is -2.08. The minimum absolute atomic E-state index is 0.0823. The Labute approximate surface area is 160 Å². The Hall–Kier alpha value is -1.76. The van der Waals surface area contributed by atoms with Crippen LogP contribution in [0.5, 0.6) is 0 Å². The minimum atomic E-state index is -4.35. The fourth-order valence-corrected chi connectivity index (χ4v) is 2.37. The molecular formula is C20H33F3N2O2. The van der Waals surface area contributed by atoms with Gasteiger partial charge in [-0.05, 0) is 37.2 Å². The SMILES string of the molecule is CCCCCCCCCCN.O=C(O)CCNc1ccc(C(F)(F)F)cc1. The number of aliphatic carboxylic acids is 1. The lowest BCUT2D eigenvalue weighted by Gasteiger charge is -2.08. The number of hydrogen-bond acceptors (Lipinski definition) is 3. The second-order valence-corrected chi connectivity index (χ2v) is 6.41. The van der Waals surface area contributed by atoms with Crippen LogP contribution in [0.1, 0.15) is 70.3 Å². The van der Waals surface area contributed by atoms with Gasteiger partial charge in [-0.1, -0.05) is 51.9 Å². The first-order valence-corrected chi connectivity index (χ1v) is 9.64. The maximum absolute atomic E-state index is 12.2. The highest BCUT2D eigenvalue weighted by molar-refractivity contribution is 5.67. The summed E-state index contributed by atoms with van der Waals surface area (Å²) < 4.78 is 36.5. The number of rotatable bonds is 12. The number of nitrogens with one attached hydrogen (secondary N) is 1. The monoisotopic (exact) mass is 390 g/mol. The first-order chi connectivity index (χ1) is 12.8. The number of carboxylic acids is 1. The van der Waals surface area contributed by atoms with Crippen molar-refractivity contribution in [1.82, 2.24) is 0 Å². The average molecular weight is 390 g/mol. The van der Waals surface area contributed by atoms with Gasteiger partial charge in [0.15, 0.2) is 0 Å². The fraction of sp³-hybridized carbons (Fsp3) is 0.650. The molecule has 0 amide bonds. The summed E-state index contributed by atoms with van der Waals surface area (Å²) in [6, 6.07) is 4.43. The molecule has 0 aliphatic heterocycles. The van der Waals surface area contributed by atoms with Crippen molar-refractivity contribution in [2.24, 2.45) is 5.73 Å². The van der Waals surface area contributed by atoms with Gasteiger partial charge >= 0.3 is 12.1 Å². The molecule has 0 saturated heterocycles. The maximum atomic E-state index is 12.2. The summed E-state index contributed by atoms with van der Waals surface area (Å²) in [5.74, 6) is -0.959. The maximum Gasteiger partial charge on any atom is 0.416 e. The number of alkyl halides is 3. The van der Waals surface area contributed by atoms with Gasteiger partial charge in [0, 0.05) is 12.2 Å². The van der Waals surface area contributed by atoms with Gasteiger partial charge < -0.3 is 16.2 Å². The number of halogens is 3. The molecule has 27 heavy (non-hydrogen) atoms. The van der Waals surface area contributed by atoms with E-state index in [-0.39, 0.29) is 13.0 Å². The van der Waals surface area contributed by atoms with E-state index in [9.17, 15) is 18.0 Å². The van der Waals surface area contributed by atoms with Crippen molar-refractivity contribution in [3.63, 3.8) is 0 Å². The van der Waals surface area contributed by atoms with Gasteiger partial charge in [0.25, 0.3) is 0 Å². The van der Waals surface area contributed by atoms with E-state index in [0.717, 1.165) is 18.7 Å². The summed E-state index contributed by atoms with van der Waals surface area (Å²) in [6.07, 6.45) is 6.55. The molecular weight excluding hydrogens is 357 g/mol. The van der Waals surface area contributed by atoms with E-state index in [4.69, 9.17) is 10.8 Å². The van der Waals surface area contributed by atoms with E-state index >= 15 is 0 Å². The number of hydrogen-bond donors (Lipinski definition) is 3. The molecule has 0 fully saturated rings. The number of benzene rings is 1. The number of nitrogens with two attached hydrogens (primary N) is 1. The standard InChI is InChI=1S/C10H10F3NO2.C10H23N/c11-10(12,13)7-1-3-8(4-2-7)14-6-5-9(15)16;1-2-3-4-5-6-7-8-9-10-11/h1-4,14H,5-6H2,(H,15,16);2-11H2,1H3. The summed E-state index contributed by atoms with van der Waals surface area (Å²) in [5.41, 5.74) is 5.13. The molecule has 1 rings (SSSR count). The van der Waals surface area contributed by atoms with E-state index in [0.29, 0.717) is 5.69 Å². The molecule has 0 bridgehead atoms. The molecule has 0 heterocycles. The molecule has 7 heteroatoms. The van der Waals surface area contributed by atoms with E-state index < -0.39 is 17.7 Å². The second-order valence-electron chi connectivity index (χ2n) is 6.41. The van der Waals surface area contributed by atoms with Crippen LogP contribution in [0.2, 0.25) is 0 Å². The number of anilines is 1. The largest absolute Gasteiger partial charge is 0.481 e. The highest BCUT2D eigenvalue weighted by Gasteiger charge is 2.29. The number of carboxylic acid groups (broad SMARTS) is 1. The zero-order chi connectivity index (χ0) is 20.5. The lowest BCUT2D eigenvalue weighted by atomic mass is 10.1. The second kappa shape index (κ2) is 15.3.